The molecule has 4 aliphatic carbocycles. The number of hydrogen-bond donors (Lipinski definition) is 0. The Bertz CT molecular complexity index is 268. The highest BCUT2D eigenvalue weighted by Gasteiger charge is 2.68. The van der Waals surface area contributed by atoms with Crippen molar-refractivity contribution in [1.82, 2.24) is 0 Å². The van der Waals surface area contributed by atoms with Crippen LogP contribution >= 0.6 is 0 Å². The van der Waals surface area contributed by atoms with Crippen LogP contribution in [0.5, 0.6) is 0 Å². The van der Waals surface area contributed by atoms with Crippen molar-refractivity contribution in [3.05, 3.63) is 0 Å². The fourth-order valence-corrected chi connectivity index (χ4v) is 5.71. The Morgan fingerprint density at radius 3 is 2.38 bits per heavy atom. The van der Waals surface area contributed by atoms with E-state index in [4.69, 9.17) is 0 Å². The second-order valence-electron chi connectivity index (χ2n) is 7.36. The lowest BCUT2D eigenvalue weighted by atomic mass is 9.30. The van der Waals surface area contributed by atoms with Crippen molar-refractivity contribution in [3.63, 3.8) is 0 Å². The van der Waals surface area contributed by atoms with Crippen LogP contribution in [0.25, 0.3) is 0 Å². The highest BCUT2D eigenvalue weighted by Crippen LogP contribution is 2.74. The zero-order valence-corrected chi connectivity index (χ0v) is 10.9. The van der Waals surface area contributed by atoms with Crippen LogP contribution in [0.1, 0.15) is 52.4 Å². The Labute approximate surface area is 100 Å². The van der Waals surface area contributed by atoms with Crippen LogP contribution in [-0.2, 0) is 0 Å². The minimum Gasteiger partial charge on any atom is -0.0651 e. The van der Waals surface area contributed by atoms with Gasteiger partial charge in [0.05, 0.1) is 0 Å². The Balaban J connectivity index is 1.42. The molecule has 90 valence electrons. The fourth-order valence-electron chi connectivity index (χ4n) is 5.71. The minimum absolute atomic E-state index is 1.02. The molecule has 0 heteroatoms. The highest BCUT2D eigenvalue weighted by molar-refractivity contribution is 5.16. The molecule has 0 heterocycles. The lowest BCUT2D eigenvalue weighted by Crippen LogP contribution is -2.69. The summed E-state index contributed by atoms with van der Waals surface area (Å²) >= 11 is 0. The summed E-state index contributed by atoms with van der Waals surface area (Å²) in [6, 6.07) is 0. The zero-order chi connectivity index (χ0) is 10.9. The van der Waals surface area contributed by atoms with E-state index in [2.05, 4.69) is 13.8 Å². The van der Waals surface area contributed by atoms with Gasteiger partial charge in [-0.05, 0) is 60.2 Å². The third-order valence-electron chi connectivity index (χ3n) is 7.19. The van der Waals surface area contributed by atoms with Gasteiger partial charge in [0.15, 0.2) is 0 Å². The van der Waals surface area contributed by atoms with Gasteiger partial charge in [-0.15, -0.1) is 0 Å². The van der Waals surface area contributed by atoms with Crippen LogP contribution in [0, 0.1) is 47.3 Å². The van der Waals surface area contributed by atoms with Gasteiger partial charge in [-0.3, -0.25) is 0 Å². The lowest BCUT2D eigenvalue weighted by Gasteiger charge is -2.75. The van der Waals surface area contributed by atoms with Crippen molar-refractivity contribution in [2.45, 2.75) is 52.4 Å². The van der Waals surface area contributed by atoms with Crippen molar-refractivity contribution >= 4 is 0 Å². The van der Waals surface area contributed by atoms with Crippen molar-refractivity contribution in [1.29, 1.82) is 0 Å². The van der Waals surface area contributed by atoms with E-state index in [0.717, 1.165) is 11.8 Å². The first-order chi connectivity index (χ1) is 7.81. The summed E-state index contributed by atoms with van der Waals surface area (Å²) in [4.78, 5) is 0. The molecule has 0 nitrogen and oxygen atoms in total. The Kier molecular flexibility index (Phi) is 2.04. The monoisotopic (exact) mass is 218 g/mol. The van der Waals surface area contributed by atoms with Crippen molar-refractivity contribution < 1.29 is 0 Å². The topological polar surface area (TPSA) is 0 Å². The first-order valence-corrected chi connectivity index (χ1v) is 7.81. The summed E-state index contributed by atoms with van der Waals surface area (Å²) in [5.41, 5.74) is 0. The molecular formula is C16H26. The first-order valence-electron chi connectivity index (χ1n) is 7.81. The quantitative estimate of drug-likeness (QED) is 0.660. The van der Waals surface area contributed by atoms with Crippen LogP contribution in [0.3, 0.4) is 0 Å². The van der Waals surface area contributed by atoms with E-state index >= 15 is 0 Å². The van der Waals surface area contributed by atoms with Gasteiger partial charge in [0.2, 0.25) is 0 Å². The molecule has 7 atom stereocenters. The molecule has 0 aliphatic heterocycles. The SMILES string of the molecule is CCC(C)[C@@H]1C[C@H]2[C@@H]1C1C(C3CCC3)C[C@H]12. The van der Waals surface area contributed by atoms with Crippen LogP contribution in [0.2, 0.25) is 0 Å². The third kappa shape index (κ3) is 1.03. The molecule has 0 saturated heterocycles. The van der Waals surface area contributed by atoms with Crippen LogP contribution in [-0.4, -0.2) is 0 Å². The Morgan fingerprint density at radius 1 is 1.00 bits per heavy atom. The maximum atomic E-state index is 2.51. The van der Waals surface area contributed by atoms with Crippen LogP contribution in [0.4, 0.5) is 0 Å². The standard InChI is InChI=1S/C16H26/c1-3-9(2)11-7-13-14-8-12(10-5-4-6-10)16(14)15(11)13/h9-16H,3-8H2,1-2H3/t9?,11-,12?,13+,14-,15+,16?/m0/s1. The van der Waals surface area contributed by atoms with E-state index in [1.165, 1.54) is 41.9 Å². The summed E-state index contributed by atoms with van der Waals surface area (Å²) in [7, 11) is 0. The summed E-state index contributed by atoms with van der Waals surface area (Å²) < 4.78 is 0. The molecule has 0 aromatic rings. The van der Waals surface area contributed by atoms with E-state index < -0.39 is 0 Å². The predicted octanol–water partition coefficient (Wildman–Crippen LogP) is 4.35. The average Bonchev–Trinajstić information content (AvgIpc) is 2.18. The van der Waals surface area contributed by atoms with Gasteiger partial charge in [0, 0.05) is 0 Å². The van der Waals surface area contributed by atoms with Crippen molar-refractivity contribution in [3.8, 4) is 0 Å². The Morgan fingerprint density at radius 2 is 1.75 bits per heavy atom. The molecule has 4 aliphatic rings. The summed E-state index contributed by atoms with van der Waals surface area (Å²) in [5.74, 6) is 9.40. The number of hydrogen-bond acceptors (Lipinski definition) is 0. The lowest BCUT2D eigenvalue weighted by molar-refractivity contribution is -0.265. The molecule has 0 aromatic carbocycles. The van der Waals surface area contributed by atoms with Gasteiger partial charge in [0.1, 0.15) is 0 Å². The minimum atomic E-state index is 1.02. The summed E-state index contributed by atoms with van der Waals surface area (Å²) in [6.07, 6.45) is 9.38. The summed E-state index contributed by atoms with van der Waals surface area (Å²) in [5, 5.41) is 0. The van der Waals surface area contributed by atoms with Crippen LogP contribution in [0.15, 0.2) is 0 Å². The Hall–Kier alpha value is 0. The molecule has 0 N–H and O–H groups in total. The second kappa shape index (κ2) is 3.27. The van der Waals surface area contributed by atoms with E-state index in [1.807, 2.05) is 0 Å². The summed E-state index contributed by atoms with van der Waals surface area (Å²) in [6.45, 7) is 4.89. The average molecular weight is 218 g/mol. The molecule has 0 spiro atoms. The van der Waals surface area contributed by atoms with E-state index in [9.17, 15) is 0 Å². The van der Waals surface area contributed by atoms with Gasteiger partial charge in [0.25, 0.3) is 0 Å². The van der Waals surface area contributed by atoms with E-state index in [-0.39, 0.29) is 0 Å². The molecule has 4 rings (SSSR count). The maximum Gasteiger partial charge on any atom is -0.0318 e. The maximum absolute atomic E-state index is 2.51. The zero-order valence-electron chi connectivity index (χ0n) is 10.9. The smallest absolute Gasteiger partial charge is 0.0318 e. The largest absolute Gasteiger partial charge is 0.0651 e. The van der Waals surface area contributed by atoms with Gasteiger partial charge < -0.3 is 0 Å². The fraction of sp³-hybridized carbons (Fsp3) is 1.00. The molecule has 3 unspecified atom stereocenters. The molecule has 4 saturated carbocycles. The van der Waals surface area contributed by atoms with Crippen LogP contribution < -0.4 is 0 Å². The van der Waals surface area contributed by atoms with Gasteiger partial charge in [-0.1, -0.05) is 39.5 Å². The van der Waals surface area contributed by atoms with E-state index in [0.29, 0.717) is 0 Å². The van der Waals surface area contributed by atoms with Crippen molar-refractivity contribution in [2.24, 2.45) is 47.3 Å². The highest BCUT2D eigenvalue weighted by atomic mass is 14.7. The van der Waals surface area contributed by atoms with E-state index in [1.54, 1.807) is 32.1 Å². The van der Waals surface area contributed by atoms with Crippen molar-refractivity contribution in [2.75, 3.05) is 0 Å². The third-order valence-corrected chi connectivity index (χ3v) is 7.19. The molecule has 0 aromatic heterocycles. The predicted molar refractivity (Wildman–Crippen MR) is 67.0 cm³/mol. The second-order valence-corrected chi connectivity index (χ2v) is 7.36. The van der Waals surface area contributed by atoms with Gasteiger partial charge >= 0.3 is 0 Å². The molecule has 0 radical (unpaired) electrons. The molecule has 0 bridgehead atoms. The molecule has 16 heavy (non-hydrogen) atoms. The number of rotatable bonds is 3. The molecule has 0 amide bonds. The molecule has 4 fully saturated rings. The normalized spacial score (nSPS) is 55.9. The van der Waals surface area contributed by atoms with Gasteiger partial charge in [-0.25, -0.2) is 0 Å². The van der Waals surface area contributed by atoms with Gasteiger partial charge in [-0.2, -0.15) is 0 Å². The first kappa shape index (κ1) is 9.97. The number of fused-ring (bicyclic) bond motifs is 4. The molecular weight excluding hydrogens is 192 g/mol.